The van der Waals surface area contributed by atoms with Crippen molar-refractivity contribution in [2.45, 2.75) is 37.8 Å². The van der Waals surface area contributed by atoms with Gasteiger partial charge in [-0.1, -0.05) is 6.07 Å². The Hall–Kier alpha value is -4.52. The molecule has 44 heavy (non-hydrogen) atoms. The van der Waals surface area contributed by atoms with Crippen LogP contribution >= 0.6 is 0 Å². The minimum absolute atomic E-state index is 0.0124. The van der Waals surface area contributed by atoms with Crippen LogP contribution in [0.25, 0.3) is 0 Å². The summed E-state index contributed by atoms with van der Waals surface area (Å²) in [4.78, 5) is 41.2. The van der Waals surface area contributed by atoms with E-state index in [0.717, 1.165) is 34.5 Å². The van der Waals surface area contributed by atoms with Gasteiger partial charge in [-0.25, -0.2) is 18.3 Å². The molecule has 13 heteroatoms. The summed E-state index contributed by atoms with van der Waals surface area (Å²) in [6.45, 7) is -0.0160. The molecule has 2 unspecified atom stereocenters. The standard InChI is InChI=1S/C31H35F2N5O6/c1-42-11-10-38-30(40)27(8-9-35-38)37-17-24(28-25(32)14-22(44-3)15-26(28)33)23(29(37)39)16-34-31(41)36-20-6-4-19-13-21(43-2)7-5-18(19)12-20/h5,7-9,13-15,20,23-24H,4,6,10-12,16-17H2,1-3H3,(H2,34,36,41)/t20?,23?,24-/m1/s1. The highest BCUT2D eigenvalue weighted by Gasteiger charge is 2.45. The molecule has 11 nitrogen and oxygen atoms in total. The Balaban J connectivity index is 1.36. The molecule has 234 valence electrons. The van der Waals surface area contributed by atoms with E-state index in [0.29, 0.717) is 12.8 Å². The number of aromatic nitrogens is 2. The normalized spacial score (nSPS) is 19.4. The number of fused-ring (bicyclic) bond motifs is 1. The van der Waals surface area contributed by atoms with Gasteiger partial charge in [0.1, 0.15) is 28.8 Å². The Kier molecular flexibility index (Phi) is 9.43. The lowest BCUT2D eigenvalue weighted by molar-refractivity contribution is -0.120. The quantitative estimate of drug-likeness (QED) is 0.362. The predicted octanol–water partition coefficient (Wildman–Crippen LogP) is 2.79. The zero-order chi connectivity index (χ0) is 31.4. The van der Waals surface area contributed by atoms with Crippen molar-refractivity contribution in [2.24, 2.45) is 5.92 Å². The molecule has 5 rings (SSSR count). The average Bonchev–Trinajstić information content (AvgIpc) is 3.33. The van der Waals surface area contributed by atoms with Gasteiger partial charge in [0.25, 0.3) is 5.56 Å². The van der Waals surface area contributed by atoms with E-state index in [9.17, 15) is 14.4 Å². The number of amides is 3. The number of hydrogen-bond donors (Lipinski definition) is 2. The summed E-state index contributed by atoms with van der Waals surface area (Å²) in [7, 11) is 4.39. The largest absolute Gasteiger partial charge is 0.497 e. The van der Waals surface area contributed by atoms with Crippen molar-refractivity contribution in [3.63, 3.8) is 0 Å². The van der Waals surface area contributed by atoms with E-state index < -0.39 is 41.0 Å². The first-order valence-corrected chi connectivity index (χ1v) is 14.3. The maximum absolute atomic E-state index is 15.3. The van der Waals surface area contributed by atoms with Crippen LogP contribution in [0, 0.1) is 17.6 Å². The van der Waals surface area contributed by atoms with Crippen molar-refractivity contribution in [1.29, 1.82) is 0 Å². The van der Waals surface area contributed by atoms with Crippen LogP contribution < -0.4 is 30.6 Å². The zero-order valence-corrected chi connectivity index (χ0v) is 24.8. The van der Waals surface area contributed by atoms with Crippen LogP contribution in [0.15, 0.2) is 47.4 Å². The van der Waals surface area contributed by atoms with Crippen molar-refractivity contribution in [2.75, 3.05) is 45.9 Å². The number of hydrogen-bond acceptors (Lipinski definition) is 7. The number of benzene rings is 2. The smallest absolute Gasteiger partial charge is 0.315 e. The number of aryl methyl sites for hydroxylation is 1. The molecule has 1 saturated heterocycles. The number of anilines is 1. The van der Waals surface area contributed by atoms with Gasteiger partial charge >= 0.3 is 6.03 Å². The van der Waals surface area contributed by atoms with Gasteiger partial charge in [-0.05, 0) is 48.6 Å². The van der Waals surface area contributed by atoms with Crippen molar-refractivity contribution in [3.8, 4) is 11.5 Å². The van der Waals surface area contributed by atoms with Crippen LogP contribution in [0.1, 0.15) is 29.0 Å². The number of urea groups is 1. The van der Waals surface area contributed by atoms with Gasteiger partial charge in [0, 0.05) is 56.1 Å². The molecule has 0 spiro atoms. The molecule has 0 radical (unpaired) electrons. The van der Waals surface area contributed by atoms with E-state index in [4.69, 9.17) is 14.2 Å². The molecule has 0 saturated carbocycles. The molecule has 2 heterocycles. The predicted molar refractivity (Wildman–Crippen MR) is 157 cm³/mol. The van der Waals surface area contributed by atoms with Gasteiger partial charge in [-0.15, -0.1) is 0 Å². The Morgan fingerprint density at radius 3 is 2.48 bits per heavy atom. The van der Waals surface area contributed by atoms with Crippen LogP contribution in [0.4, 0.5) is 19.3 Å². The first-order chi connectivity index (χ1) is 21.2. The second kappa shape index (κ2) is 13.4. The zero-order valence-electron chi connectivity index (χ0n) is 24.8. The highest BCUT2D eigenvalue weighted by molar-refractivity contribution is 5.98. The number of carbonyl (C=O) groups excluding carboxylic acids is 2. The number of ether oxygens (including phenoxy) is 3. The molecule has 2 aliphatic rings. The van der Waals surface area contributed by atoms with E-state index in [-0.39, 0.29) is 49.3 Å². The number of methoxy groups -OCH3 is 3. The van der Waals surface area contributed by atoms with Gasteiger partial charge < -0.3 is 29.7 Å². The summed E-state index contributed by atoms with van der Waals surface area (Å²) in [6, 6.07) is 8.70. The molecule has 3 atom stereocenters. The molecule has 1 aliphatic carbocycles. The summed E-state index contributed by atoms with van der Waals surface area (Å²) >= 11 is 0. The van der Waals surface area contributed by atoms with E-state index in [1.165, 1.54) is 36.9 Å². The lowest BCUT2D eigenvalue weighted by Crippen LogP contribution is -2.47. The lowest BCUT2D eigenvalue weighted by atomic mass is 9.87. The Labute approximate surface area is 253 Å². The maximum Gasteiger partial charge on any atom is 0.315 e. The topological polar surface area (TPSA) is 124 Å². The van der Waals surface area contributed by atoms with Gasteiger partial charge in [-0.3, -0.25) is 9.59 Å². The number of halogens is 2. The Morgan fingerprint density at radius 2 is 1.77 bits per heavy atom. The summed E-state index contributed by atoms with van der Waals surface area (Å²) in [5.41, 5.74) is 1.44. The molecule has 1 fully saturated rings. The van der Waals surface area contributed by atoms with Gasteiger partial charge in [0.05, 0.1) is 33.3 Å². The minimum Gasteiger partial charge on any atom is -0.497 e. The first kappa shape index (κ1) is 30.9. The number of carbonyl (C=O) groups is 2. The first-order valence-electron chi connectivity index (χ1n) is 14.3. The van der Waals surface area contributed by atoms with E-state index in [2.05, 4.69) is 15.7 Å². The Bertz CT molecular complexity index is 1570. The van der Waals surface area contributed by atoms with E-state index in [1.807, 2.05) is 18.2 Å². The maximum atomic E-state index is 15.3. The van der Waals surface area contributed by atoms with E-state index >= 15 is 8.78 Å². The second-order valence-corrected chi connectivity index (χ2v) is 10.8. The number of nitrogens with one attached hydrogen (secondary N) is 2. The SMILES string of the molecule is COCCn1nccc(N2C[C@@H](c3c(F)cc(OC)cc3F)C(CNC(=O)NC3CCc4cc(OC)ccc4C3)C2=O)c1=O. The third-order valence-electron chi connectivity index (χ3n) is 8.26. The van der Waals surface area contributed by atoms with Crippen LogP contribution in [0.3, 0.4) is 0 Å². The fourth-order valence-electron chi connectivity index (χ4n) is 5.96. The molecule has 1 aromatic heterocycles. The summed E-state index contributed by atoms with van der Waals surface area (Å²) in [5, 5.41) is 9.72. The molecule has 2 N–H and O–H groups in total. The van der Waals surface area contributed by atoms with Crippen LogP contribution in [-0.4, -0.2) is 68.8 Å². The lowest BCUT2D eigenvalue weighted by Gasteiger charge is -2.26. The van der Waals surface area contributed by atoms with Crippen LogP contribution in [0.2, 0.25) is 0 Å². The molecular weight excluding hydrogens is 576 g/mol. The number of nitrogens with zero attached hydrogens (tertiary/aromatic N) is 3. The van der Waals surface area contributed by atoms with E-state index in [1.54, 1.807) is 7.11 Å². The Morgan fingerprint density at radius 1 is 1.02 bits per heavy atom. The van der Waals surface area contributed by atoms with Crippen molar-refractivity contribution < 1.29 is 32.6 Å². The highest BCUT2D eigenvalue weighted by atomic mass is 19.1. The molecular formula is C31H35F2N5O6. The number of rotatable bonds is 10. The average molecular weight is 612 g/mol. The molecule has 0 bridgehead atoms. The summed E-state index contributed by atoms with van der Waals surface area (Å²) < 4.78 is 47.1. The minimum atomic E-state index is -1.06. The van der Waals surface area contributed by atoms with Gasteiger partial charge in [0.2, 0.25) is 5.91 Å². The molecule has 2 aromatic carbocycles. The van der Waals surface area contributed by atoms with Crippen LogP contribution in [0.5, 0.6) is 11.5 Å². The fraction of sp³-hybridized carbons (Fsp3) is 0.419. The van der Waals surface area contributed by atoms with Gasteiger partial charge in [-0.2, -0.15) is 5.10 Å². The van der Waals surface area contributed by atoms with Crippen molar-refractivity contribution in [1.82, 2.24) is 20.4 Å². The van der Waals surface area contributed by atoms with Crippen molar-refractivity contribution >= 4 is 17.6 Å². The monoisotopic (exact) mass is 611 g/mol. The third-order valence-corrected chi connectivity index (χ3v) is 8.26. The fourth-order valence-corrected chi connectivity index (χ4v) is 5.96. The van der Waals surface area contributed by atoms with Crippen molar-refractivity contribution in [3.05, 3.63) is 81.3 Å². The third kappa shape index (κ3) is 6.37. The molecule has 3 amide bonds. The summed E-state index contributed by atoms with van der Waals surface area (Å²) in [6.07, 6.45) is 3.48. The van der Waals surface area contributed by atoms with Gasteiger partial charge in [0.15, 0.2) is 0 Å². The van der Waals surface area contributed by atoms with Crippen LogP contribution in [-0.2, 0) is 28.9 Å². The molecule has 1 aliphatic heterocycles. The molecule has 3 aromatic rings. The summed E-state index contributed by atoms with van der Waals surface area (Å²) in [5.74, 6) is -3.62. The highest BCUT2D eigenvalue weighted by Crippen LogP contribution is 2.39. The second-order valence-electron chi connectivity index (χ2n) is 10.8.